The lowest BCUT2D eigenvalue weighted by Gasteiger charge is -2.20. The van der Waals surface area contributed by atoms with Crippen LogP contribution in [-0.4, -0.2) is 40.1 Å². The minimum atomic E-state index is -1.17. The monoisotopic (exact) mass is 357 g/mol. The van der Waals surface area contributed by atoms with Crippen LogP contribution in [0, 0.1) is 0 Å². The second kappa shape index (κ2) is 8.66. The first kappa shape index (κ1) is 19.0. The molecule has 4 N–H and O–H groups in total. The fourth-order valence-electron chi connectivity index (χ4n) is 2.28. The van der Waals surface area contributed by atoms with Crippen LogP contribution in [0.2, 0.25) is 0 Å². The lowest BCUT2D eigenvalue weighted by Crippen LogP contribution is -2.51. The number of aliphatic carboxylic acids is 1. The Balaban J connectivity index is 2.17. The lowest BCUT2D eigenvalue weighted by atomic mass is 10.0. The van der Waals surface area contributed by atoms with E-state index in [1.807, 2.05) is 0 Å². The van der Waals surface area contributed by atoms with Crippen molar-refractivity contribution < 1.29 is 24.6 Å². The van der Waals surface area contributed by atoms with E-state index in [9.17, 15) is 19.5 Å². The van der Waals surface area contributed by atoms with Gasteiger partial charge in [-0.3, -0.25) is 14.4 Å². The van der Waals surface area contributed by atoms with Crippen molar-refractivity contribution in [1.82, 2.24) is 10.6 Å². The van der Waals surface area contributed by atoms with Gasteiger partial charge in [0.1, 0.15) is 17.8 Å². The first-order valence-electron chi connectivity index (χ1n) is 8.04. The van der Waals surface area contributed by atoms with E-state index in [1.165, 1.54) is 19.1 Å². The summed E-state index contributed by atoms with van der Waals surface area (Å²) in [5, 5.41) is 23.3. The number of benzene rings is 2. The fraction of sp³-hybridized carbons (Fsp3) is 0.211. The summed E-state index contributed by atoms with van der Waals surface area (Å²) in [4.78, 5) is 35.8. The highest BCUT2D eigenvalue weighted by Crippen LogP contribution is 2.12. The molecular weight excluding hydrogens is 337 g/mol. The molecule has 2 amide bonds. The van der Waals surface area contributed by atoms with Gasteiger partial charge in [0.25, 0.3) is 5.91 Å². The van der Waals surface area contributed by atoms with Crippen LogP contribution in [-0.2, 0) is 16.0 Å². The summed E-state index contributed by atoms with van der Waals surface area (Å²) in [5.74, 6) is -2.12. The summed E-state index contributed by atoms with van der Waals surface area (Å²) in [6.45, 7) is 1.34. The molecule has 2 atom stereocenters. The van der Waals surface area contributed by atoms with Crippen molar-refractivity contribution in [2.45, 2.75) is 25.4 Å². The number of phenols is 1. The van der Waals surface area contributed by atoms with E-state index in [-0.39, 0.29) is 12.2 Å². The van der Waals surface area contributed by atoms with Crippen LogP contribution >= 0.6 is 0 Å². The van der Waals surface area contributed by atoms with Crippen molar-refractivity contribution in [2.24, 2.45) is 0 Å². The molecular formula is C19H20N2O5. The van der Waals surface area contributed by atoms with Crippen LogP contribution in [0.25, 0.3) is 0 Å². The molecule has 0 bridgehead atoms. The maximum absolute atomic E-state index is 12.5. The maximum Gasteiger partial charge on any atom is 0.325 e. The van der Waals surface area contributed by atoms with Crippen molar-refractivity contribution in [3.63, 3.8) is 0 Å². The zero-order chi connectivity index (χ0) is 19.1. The molecule has 0 saturated carbocycles. The highest BCUT2D eigenvalue weighted by Gasteiger charge is 2.25. The Bertz CT molecular complexity index is 774. The van der Waals surface area contributed by atoms with Crippen LogP contribution in [0.15, 0.2) is 54.6 Å². The SMILES string of the molecule is C[C@H](NC(=O)[C@H](Cc1ccc(O)cc1)NC(=O)c1ccccc1)[13C](=O)O. The predicted molar refractivity (Wildman–Crippen MR) is 94.7 cm³/mol. The van der Waals surface area contributed by atoms with Crippen molar-refractivity contribution in [1.29, 1.82) is 0 Å². The van der Waals surface area contributed by atoms with Crippen molar-refractivity contribution >= 4 is 17.8 Å². The second-order valence-electron chi connectivity index (χ2n) is 5.83. The molecule has 0 heterocycles. The van der Waals surface area contributed by atoms with Crippen LogP contribution in [0.4, 0.5) is 0 Å². The molecule has 2 aromatic rings. The third kappa shape index (κ3) is 5.34. The summed E-state index contributed by atoms with van der Waals surface area (Å²) in [6.07, 6.45) is 0.150. The minimum absolute atomic E-state index is 0.0857. The maximum atomic E-state index is 12.5. The average Bonchev–Trinajstić information content (AvgIpc) is 2.63. The van der Waals surface area contributed by atoms with Crippen molar-refractivity contribution in [3.8, 4) is 5.75 Å². The van der Waals surface area contributed by atoms with Gasteiger partial charge < -0.3 is 20.8 Å². The average molecular weight is 357 g/mol. The van der Waals surface area contributed by atoms with Gasteiger partial charge >= 0.3 is 5.97 Å². The molecule has 7 heteroatoms. The topological polar surface area (TPSA) is 116 Å². The van der Waals surface area contributed by atoms with E-state index < -0.39 is 29.9 Å². The second-order valence-corrected chi connectivity index (χ2v) is 5.83. The molecule has 0 aromatic heterocycles. The number of aromatic hydroxyl groups is 1. The number of amides is 2. The smallest absolute Gasteiger partial charge is 0.325 e. The van der Waals surface area contributed by atoms with E-state index >= 15 is 0 Å². The number of carbonyl (C=O) groups is 3. The summed E-state index contributed by atoms with van der Waals surface area (Å²) in [7, 11) is 0. The highest BCUT2D eigenvalue weighted by atomic mass is 16.5. The molecule has 7 nitrogen and oxygen atoms in total. The van der Waals surface area contributed by atoms with Gasteiger partial charge in [-0.2, -0.15) is 0 Å². The fourth-order valence-corrected chi connectivity index (χ4v) is 2.28. The molecule has 0 spiro atoms. The predicted octanol–water partition coefficient (Wildman–Crippen LogP) is 1.32. The molecule has 0 radical (unpaired) electrons. The molecule has 0 unspecified atom stereocenters. The van der Waals surface area contributed by atoms with E-state index in [4.69, 9.17) is 5.11 Å². The number of carboxylic acids is 1. The number of carboxylic acid groups (broad SMARTS) is 1. The molecule has 0 aliphatic carbocycles. The largest absolute Gasteiger partial charge is 0.508 e. The van der Waals surface area contributed by atoms with Gasteiger partial charge in [0.2, 0.25) is 5.91 Å². The Morgan fingerprint density at radius 2 is 1.58 bits per heavy atom. The highest BCUT2D eigenvalue weighted by molar-refractivity contribution is 5.98. The molecule has 2 aromatic carbocycles. The van der Waals surface area contributed by atoms with Gasteiger partial charge in [-0.05, 0) is 36.8 Å². The van der Waals surface area contributed by atoms with E-state index in [0.717, 1.165) is 0 Å². The van der Waals surface area contributed by atoms with Crippen LogP contribution in [0.1, 0.15) is 22.8 Å². The number of phenolic OH excluding ortho intramolecular Hbond substituents is 1. The Labute approximate surface area is 150 Å². The zero-order valence-electron chi connectivity index (χ0n) is 14.2. The Morgan fingerprint density at radius 1 is 0.962 bits per heavy atom. The third-order valence-electron chi connectivity index (χ3n) is 3.76. The summed E-state index contributed by atoms with van der Waals surface area (Å²) >= 11 is 0. The van der Waals surface area contributed by atoms with E-state index in [1.54, 1.807) is 42.5 Å². The minimum Gasteiger partial charge on any atom is -0.508 e. The Kier molecular flexibility index (Phi) is 6.32. The first-order chi connectivity index (χ1) is 12.4. The molecule has 0 aliphatic heterocycles. The Hall–Kier alpha value is -3.35. The number of hydrogen-bond donors (Lipinski definition) is 4. The van der Waals surface area contributed by atoms with Crippen molar-refractivity contribution in [3.05, 3.63) is 65.7 Å². The van der Waals surface area contributed by atoms with E-state index in [2.05, 4.69) is 10.6 Å². The number of carbonyl (C=O) groups excluding carboxylic acids is 2. The molecule has 0 fully saturated rings. The quantitative estimate of drug-likeness (QED) is 0.558. The van der Waals surface area contributed by atoms with Gasteiger partial charge in [-0.1, -0.05) is 30.3 Å². The van der Waals surface area contributed by atoms with Crippen LogP contribution in [0.3, 0.4) is 0 Å². The molecule has 26 heavy (non-hydrogen) atoms. The van der Waals surface area contributed by atoms with Crippen LogP contribution in [0.5, 0.6) is 5.75 Å². The van der Waals surface area contributed by atoms with Gasteiger partial charge in [-0.15, -0.1) is 0 Å². The molecule has 136 valence electrons. The standard InChI is InChI=1S/C19H20N2O5/c1-12(19(25)26)20-18(24)16(11-13-7-9-15(22)10-8-13)21-17(23)14-5-3-2-4-6-14/h2-10,12,16,22H,11H2,1H3,(H,20,24)(H,21,23)(H,25,26)/t12-,16-/m0/s1/i19+1. The van der Waals surface area contributed by atoms with E-state index in [0.29, 0.717) is 11.1 Å². The third-order valence-corrected chi connectivity index (χ3v) is 3.76. The first-order valence-corrected chi connectivity index (χ1v) is 8.04. The van der Waals surface area contributed by atoms with Crippen molar-refractivity contribution in [2.75, 3.05) is 0 Å². The normalized spacial score (nSPS) is 12.7. The molecule has 0 saturated heterocycles. The number of hydrogen-bond acceptors (Lipinski definition) is 4. The van der Waals surface area contributed by atoms with Gasteiger partial charge in [0, 0.05) is 12.0 Å². The van der Waals surface area contributed by atoms with Gasteiger partial charge in [0.05, 0.1) is 0 Å². The number of nitrogens with one attached hydrogen (secondary N) is 2. The van der Waals surface area contributed by atoms with Gasteiger partial charge in [0.15, 0.2) is 0 Å². The lowest BCUT2D eigenvalue weighted by molar-refractivity contribution is -0.141. The summed E-state index contributed by atoms with van der Waals surface area (Å²) in [6, 6.07) is 12.6. The number of rotatable bonds is 7. The zero-order valence-corrected chi connectivity index (χ0v) is 14.2. The van der Waals surface area contributed by atoms with Gasteiger partial charge in [-0.25, -0.2) is 0 Å². The summed E-state index contributed by atoms with van der Waals surface area (Å²) < 4.78 is 0. The molecule has 0 aliphatic rings. The summed E-state index contributed by atoms with van der Waals surface area (Å²) in [5.41, 5.74) is 1.10. The molecule has 2 rings (SSSR count). The van der Waals surface area contributed by atoms with Crippen LogP contribution < -0.4 is 10.6 Å². The Morgan fingerprint density at radius 3 is 2.15 bits per heavy atom.